The van der Waals surface area contributed by atoms with Gasteiger partial charge in [0, 0.05) is 45.0 Å². The average Bonchev–Trinajstić information content (AvgIpc) is 3.04. The summed E-state index contributed by atoms with van der Waals surface area (Å²) < 4.78 is 5.53. The number of carbonyl (C=O) groups is 1. The summed E-state index contributed by atoms with van der Waals surface area (Å²) >= 11 is 0. The topological polar surface area (TPSA) is 88.3 Å². The van der Waals surface area contributed by atoms with Gasteiger partial charge in [0.1, 0.15) is 5.69 Å². The summed E-state index contributed by atoms with van der Waals surface area (Å²) in [6.07, 6.45) is 5.28. The molecular weight excluding hydrogens is 272 g/mol. The maximum atomic E-state index is 12.2. The smallest absolute Gasteiger partial charge is 0.318 e. The quantitative estimate of drug-likeness (QED) is 0.807. The molecule has 21 heavy (non-hydrogen) atoms. The van der Waals surface area contributed by atoms with Gasteiger partial charge >= 0.3 is 6.01 Å². The van der Waals surface area contributed by atoms with Crippen molar-refractivity contribution >= 4 is 11.9 Å². The Kier molecular flexibility index (Phi) is 3.76. The fourth-order valence-corrected chi connectivity index (χ4v) is 2.19. The zero-order valence-electron chi connectivity index (χ0n) is 11.8. The van der Waals surface area contributed by atoms with Gasteiger partial charge in [-0.15, -0.1) is 5.10 Å². The first kappa shape index (κ1) is 13.5. The molecule has 2 aromatic rings. The second-order valence-corrected chi connectivity index (χ2v) is 4.70. The standard InChI is InChI=1S/C13H16N6O2/c1-2-11-16-17-13(21-11)19-7-5-18(6-8-19)12(20)10-9-14-3-4-15-10/h3-4,9H,2,5-8H2,1H3. The zero-order valence-corrected chi connectivity index (χ0v) is 11.8. The van der Waals surface area contributed by atoms with Crippen molar-refractivity contribution in [2.45, 2.75) is 13.3 Å². The highest BCUT2D eigenvalue weighted by Crippen LogP contribution is 2.15. The summed E-state index contributed by atoms with van der Waals surface area (Å²) in [5, 5.41) is 7.98. The normalized spacial score (nSPS) is 15.3. The molecule has 3 rings (SSSR count). The lowest BCUT2D eigenvalue weighted by molar-refractivity contribution is 0.0738. The van der Waals surface area contributed by atoms with Crippen LogP contribution in [0.4, 0.5) is 6.01 Å². The second-order valence-electron chi connectivity index (χ2n) is 4.70. The van der Waals surface area contributed by atoms with Crippen molar-refractivity contribution in [2.24, 2.45) is 0 Å². The molecule has 0 atom stereocenters. The van der Waals surface area contributed by atoms with Gasteiger partial charge in [0.2, 0.25) is 5.89 Å². The summed E-state index contributed by atoms with van der Waals surface area (Å²) in [5.74, 6) is 0.533. The molecule has 2 aromatic heterocycles. The van der Waals surface area contributed by atoms with Gasteiger partial charge < -0.3 is 14.2 Å². The van der Waals surface area contributed by atoms with E-state index in [9.17, 15) is 4.79 Å². The number of anilines is 1. The molecule has 0 radical (unpaired) electrons. The van der Waals surface area contributed by atoms with E-state index in [0.717, 1.165) is 6.42 Å². The molecule has 1 aliphatic heterocycles. The van der Waals surface area contributed by atoms with Crippen LogP contribution in [-0.4, -0.2) is 57.2 Å². The van der Waals surface area contributed by atoms with E-state index in [4.69, 9.17) is 4.42 Å². The number of piperazine rings is 1. The number of aryl methyl sites for hydroxylation is 1. The van der Waals surface area contributed by atoms with Crippen LogP contribution in [0.25, 0.3) is 0 Å². The Balaban J connectivity index is 1.61. The molecule has 0 aliphatic carbocycles. The SMILES string of the molecule is CCc1nnc(N2CCN(C(=O)c3cnccn3)CC2)o1. The van der Waals surface area contributed by atoms with E-state index < -0.39 is 0 Å². The van der Waals surface area contributed by atoms with Crippen molar-refractivity contribution in [3.63, 3.8) is 0 Å². The molecule has 1 saturated heterocycles. The first-order valence-electron chi connectivity index (χ1n) is 6.90. The molecule has 0 saturated carbocycles. The molecule has 3 heterocycles. The Hall–Kier alpha value is -2.51. The molecular formula is C13H16N6O2. The van der Waals surface area contributed by atoms with E-state index in [0.29, 0.717) is 43.8 Å². The minimum Gasteiger partial charge on any atom is -0.408 e. The van der Waals surface area contributed by atoms with Gasteiger partial charge in [-0.3, -0.25) is 9.78 Å². The summed E-state index contributed by atoms with van der Waals surface area (Å²) in [6.45, 7) is 4.49. The zero-order chi connectivity index (χ0) is 14.7. The Labute approximate surface area is 121 Å². The lowest BCUT2D eigenvalue weighted by Crippen LogP contribution is -2.49. The molecule has 1 amide bonds. The highest BCUT2D eigenvalue weighted by atomic mass is 16.4. The Morgan fingerprint density at radius 1 is 1.24 bits per heavy atom. The largest absolute Gasteiger partial charge is 0.408 e. The van der Waals surface area contributed by atoms with E-state index >= 15 is 0 Å². The molecule has 0 N–H and O–H groups in total. The van der Waals surface area contributed by atoms with Crippen LogP contribution in [-0.2, 0) is 6.42 Å². The van der Waals surface area contributed by atoms with Gasteiger partial charge in [0.25, 0.3) is 5.91 Å². The van der Waals surface area contributed by atoms with Gasteiger partial charge in [-0.1, -0.05) is 12.0 Å². The third-order valence-corrected chi connectivity index (χ3v) is 3.38. The Bertz CT molecular complexity index is 606. The predicted molar refractivity (Wildman–Crippen MR) is 73.8 cm³/mol. The lowest BCUT2D eigenvalue weighted by atomic mass is 10.3. The first-order chi connectivity index (χ1) is 10.3. The number of nitrogens with zero attached hydrogens (tertiary/aromatic N) is 6. The molecule has 1 fully saturated rings. The molecule has 8 nitrogen and oxygen atoms in total. The third kappa shape index (κ3) is 2.83. The molecule has 0 unspecified atom stereocenters. The van der Waals surface area contributed by atoms with Crippen molar-refractivity contribution in [1.82, 2.24) is 25.1 Å². The van der Waals surface area contributed by atoms with Crippen molar-refractivity contribution in [2.75, 3.05) is 31.1 Å². The Morgan fingerprint density at radius 3 is 2.67 bits per heavy atom. The van der Waals surface area contributed by atoms with Crippen LogP contribution in [0.3, 0.4) is 0 Å². The summed E-state index contributed by atoms with van der Waals surface area (Å²) in [4.78, 5) is 24.0. The van der Waals surface area contributed by atoms with Crippen LogP contribution in [0.1, 0.15) is 23.3 Å². The van der Waals surface area contributed by atoms with E-state index in [1.807, 2.05) is 11.8 Å². The van der Waals surface area contributed by atoms with Crippen molar-refractivity contribution in [1.29, 1.82) is 0 Å². The minimum atomic E-state index is -0.0949. The van der Waals surface area contributed by atoms with Crippen LogP contribution < -0.4 is 4.90 Å². The summed E-state index contributed by atoms with van der Waals surface area (Å²) in [5.41, 5.74) is 0.372. The van der Waals surface area contributed by atoms with Gasteiger partial charge in [-0.05, 0) is 0 Å². The van der Waals surface area contributed by atoms with E-state index in [2.05, 4.69) is 20.2 Å². The van der Waals surface area contributed by atoms with Gasteiger partial charge in [-0.2, -0.15) is 0 Å². The first-order valence-corrected chi connectivity index (χ1v) is 6.90. The molecule has 1 aliphatic rings. The highest BCUT2D eigenvalue weighted by Gasteiger charge is 2.25. The van der Waals surface area contributed by atoms with Crippen LogP contribution in [0, 0.1) is 0 Å². The van der Waals surface area contributed by atoms with Crippen molar-refractivity contribution in [3.8, 4) is 0 Å². The molecule has 110 valence electrons. The maximum Gasteiger partial charge on any atom is 0.318 e. The molecule has 0 aromatic carbocycles. The van der Waals surface area contributed by atoms with Gasteiger partial charge in [0.15, 0.2) is 0 Å². The van der Waals surface area contributed by atoms with Crippen LogP contribution in [0.5, 0.6) is 0 Å². The monoisotopic (exact) mass is 288 g/mol. The Morgan fingerprint density at radius 2 is 2.05 bits per heavy atom. The molecule has 0 bridgehead atoms. The number of hydrogen-bond donors (Lipinski definition) is 0. The third-order valence-electron chi connectivity index (χ3n) is 3.38. The van der Waals surface area contributed by atoms with Crippen LogP contribution >= 0.6 is 0 Å². The van der Waals surface area contributed by atoms with Crippen molar-refractivity contribution in [3.05, 3.63) is 30.2 Å². The van der Waals surface area contributed by atoms with E-state index in [-0.39, 0.29) is 5.91 Å². The van der Waals surface area contributed by atoms with Crippen LogP contribution in [0.2, 0.25) is 0 Å². The lowest BCUT2D eigenvalue weighted by Gasteiger charge is -2.33. The maximum absolute atomic E-state index is 12.2. The fourth-order valence-electron chi connectivity index (χ4n) is 2.19. The predicted octanol–water partition coefficient (Wildman–Crippen LogP) is 0.384. The van der Waals surface area contributed by atoms with Gasteiger partial charge in [0.05, 0.1) is 6.20 Å². The number of rotatable bonds is 3. The molecule has 8 heteroatoms. The fraction of sp³-hybridized carbons (Fsp3) is 0.462. The number of carbonyl (C=O) groups excluding carboxylic acids is 1. The number of aromatic nitrogens is 4. The van der Waals surface area contributed by atoms with E-state index in [1.54, 1.807) is 11.1 Å². The minimum absolute atomic E-state index is 0.0949. The summed E-state index contributed by atoms with van der Waals surface area (Å²) in [6, 6.07) is 0.526. The highest BCUT2D eigenvalue weighted by molar-refractivity contribution is 5.92. The van der Waals surface area contributed by atoms with Crippen molar-refractivity contribution < 1.29 is 9.21 Å². The number of amides is 1. The second kappa shape index (κ2) is 5.86. The molecule has 0 spiro atoms. The van der Waals surface area contributed by atoms with Gasteiger partial charge in [-0.25, -0.2) is 4.98 Å². The average molecular weight is 288 g/mol. The number of hydrogen-bond acceptors (Lipinski definition) is 7. The van der Waals surface area contributed by atoms with Crippen LogP contribution in [0.15, 0.2) is 23.0 Å². The summed E-state index contributed by atoms with van der Waals surface area (Å²) in [7, 11) is 0. The van der Waals surface area contributed by atoms with E-state index in [1.165, 1.54) is 12.4 Å².